The van der Waals surface area contributed by atoms with Gasteiger partial charge in [0.1, 0.15) is 11.6 Å². The average Bonchev–Trinajstić information content (AvgIpc) is 3.13. The van der Waals surface area contributed by atoms with Gasteiger partial charge < -0.3 is 24.5 Å². The first kappa shape index (κ1) is 23.3. The smallest absolute Gasteiger partial charge is 0.410 e. The van der Waals surface area contributed by atoms with E-state index in [9.17, 15) is 19.5 Å². The van der Waals surface area contributed by atoms with Crippen LogP contribution in [0.2, 0.25) is 0 Å². The Balaban J connectivity index is 1.25. The fraction of sp³-hybridized carbons (Fsp3) is 0.667. The van der Waals surface area contributed by atoms with Crippen molar-refractivity contribution in [1.82, 2.24) is 14.8 Å². The molecule has 4 heterocycles. The number of likely N-dealkylation sites (tertiary alicyclic amines) is 1. The number of carbonyl (C=O) groups is 3. The first-order valence-electron chi connectivity index (χ1n) is 12.0. The van der Waals surface area contributed by atoms with E-state index in [2.05, 4.69) is 9.88 Å². The van der Waals surface area contributed by atoms with Gasteiger partial charge in [-0.1, -0.05) is 0 Å². The van der Waals surface area contributed by atoms with Gasteiger partial charge in [0.2, 0.25) is 5.91 Å². The van der Waals surface area contributed by atoms with E-state index in [0.29, 0.717) is 32.4 Å². The highest BCUT2D eigenvalue weighted by atomic mass is 16.6. The van der Waals surface area contributed by atoms with Gasteiger partial charge in [0.25, 0.3) is 0 Å². The molecule has 0 spiro atoms. The van der Waals surface area contributed by atoms with Crippen LogP contribution in [0.25, 0.3) is 0 Å². The maximum Gasteiger partial charge on any atom is 0.410 e. The predicted molar refractivity (Wildman–Crippen MR) is 122 cm³/mol. The molecule has 0 bridgehead atoms. The molecule has 0 aromatic carbocycles. The SMILES string of the molecule is CC1(CCCC(=O)N2CCCCC2C(=O)O)CN(C2CCN(c3ccncc3)CC2)C(=O)O1. The zero-order chi connectivity index (χ0) is 23.4. The van der Waals surface area contributed by atoms with Gasteiger partial charge in [-0.2, -0.15) is 0 Å². The normalized spacial score (nSPS) is 26.4. The van der Waals surface area contributed by atoms with E-state index in [-0.39, 0.29) is 24.5 Å². The number of ether oxygens (including phenoxy) is 1. The molecule has 1 aromatic rings. The van der Waals surface area contributed by atoms with Crippen molar-refractivity contribution >= 4 is 23.7 Å². The largest absolute Gasteiger partial charge is 0.480 e. The van der Waals surface area contributed by atoms with Gasteiger partial charge >= 0.3 is 12.1 Å². The molecule has 3 aliphatic rings. The molecule has 1 N–H and O–H groups in total. The molecule has 0 aliphatic carbocycles. The molecule has 3 saturated heterocycles. The number of hydrogen-bond donors (Lipinski definition) is 1. The summed E-state index contributed by atoms with van der Waals surface area (Å²) in [5.74, 6) is -1.04. The second-order valence-corrected chi connectivity index (χ2v) is 9.66. The zero-order valence-corrected chi connectivity index (χ0v) is 19.3. The number of aromatic nitrogens is 1. The number of piperidine rings is 2. The second kappa shape index (κ2) is 9.97. The minimum absolute atomic E-state index is 0.115. The highest BCUT2D eigenvalue weighted by Gasteiger charge is 2.44. The number of carbonyl (C=O) groups excluding carboxylic acids is 2. The molecule has 0 saturated carbocycles. The quantitative estimate of drug-likeness (QED) is 0.670. The van der Waals surface area contributed by atoms with Crippen LogP contribution in [0.1, 0.15) is 58.3 Å². The molecule has 9 heteroatoms. The Morgan fingerprint density at radius 2 is 1.88 bits per heavy atom. The maximum atomic E-state index is 12.7. The van der Waals surface area contributed by atoms with Crippen molar-refractivity contribution in [3.8, 4) is 0 Å². The number of hydrogen-bond acceptors (Lipinski definition) is 6. The third kappa shape index (κ3) is 5.39. The summed E-state index contributed by atoms with van der Waals surface area (Å²) >= 11 is 0. The first-order chi connectivity index (χ1) is 15.9. The molecule has 0 radical (unpaired) electrons. The Kier molecular flexibility index (Phi) is 7.05. The minimum Gasteiger partial charge on any atom is -0.480 e. The number of nitrogens with zero attached hydrogens (tertiary/aromatic N) is 4. The van der Waals surface area contributed by atoms with Crippen LogP contribution in [-0.4, -0.2) is 81.7 Å². The molecule has 3 fully saturated rings. The topological polar surface area (TPSA) is 103 Å². The Hall–Kier alpha value is -2.84. The van der Waals surface area contributed by atoms with E-state index in [0.717, 1.165) is 44.5 Å². The molecule has 3 aliphatic heterocycles. The Bertz CT molecular complexity index is 858. The molecule has 1 aromatic heterocycles. The first-order valence-corrected chi connectivity index (χ1v) is 12.0. The van der Waals surface area contributed by atoms with Crippen LogP contribution in [0, 0.1) is 0 Å². The summed E-state index contributed by atoms with van der Waals surface area (Å²) in [5, 5.41) is 9.40. The van der Waals surface area contributed by atoms with Crippen molar-refractivity contribution in [3.05, 3.63) is 24.5 Å². The van der Waals surface area contributed by atoms with Crippen molar-refractivity contribution in [2.24, 2.45) is 0 Å². The molecular weight excluding hydrogens is 424 g/mol. The van der Waals surface area contributed by atoms with Crippen molar-refractivity contribution in [1.29, 1.82) is 0 Å². The van der Waals surface area contributed by atoms with Crippen LogP contribution in [0.4, 0.5) is 10.5 Å². The number of anilines is 1. The third-order valence-corrected chi connectivity index (χ3v) is 7.21. The van der Waals surface area contributed by atoms with E-state index < -0.39 is 17.6 Å². The number of carboxylic acids is 1. The monoisotopic (exact) mass is 458 g/mol. The Morgan fingerprint density at radius 1 is 1.15 bits per heavy atom. The Morgan fingerprint density at radius 3 is 2.58 bits per heavy atom. The lowest BCUT2D eigenvalue weighted by molar-refractivity contribution is -0.152. The summed E-state index contributed by atoms with van der Waals surface area (Å²) in [7, 11) is 0. The van der Waals surface area contributed by atoms with Crippen LogP contribution in [0.5, 0.6) is 0 Å². The summed E-state index contributed by atoms with van der Waals surface area (Å²) in [5.41, 5.74) is 0.536. The summed E-state index contributed by atoms with van der Waals surface area (Å²) in [6.07, 6.45) is 8.73. The molecular formula is C24H34N4O5. The number of amides is 2. The van der Waals surface area contributed by atoms with Gasteiger partial charge in [0.15, 0.2) is 0 Å². The minimum atomic E-state index is -0.926. The number of rotatable bonds is 7. The van der Waals surface area contributed by atoms with Crippen molar-refractivity contribution in [3.63, 3.8) is 0 Å². The molecule has 2 unspecified atom stereocenters. The predicted octanol–water partition coefficient (Wildman–Crippen LogP) is 2.90. The second-order valence-electron chi connectivity index (χ2n) is 9.66. The highest BCUT2D eigenvalue weighted by molar-refractivity contribution is 5.83. The van der Waals surface area contributed by atoms with Gasteiger partial charge in [-0.3, -0.25) is 9.78 Å². The number of cyclic esters (lactones) is 1. The van der Waals surface area contributed by atoms with Gasteiger partial charge in [0, 0.05) is 50.2 Å². The third-order valence-electron chi connectivity index (χ3n) is 7.21. The molecule has 2 amide bonds. The fourth-order valence-corrected chi connectivity index (χ4v) is 5.37. The van der Waals surface area contributed by atoms with Crippen LogP contribution in [0.15, 0.2) is 24.5 Å². The number of pyridine rings is 1. The van der Waals surface area contributed by atoms with Crippen molar-refractivity contribution < 1.29 is 24.2 Å². The molecule has 33 heavy (non-hydrogen) atoms. The summed E-state index contributed by atoms with van der Waals surface area (Å²) in [6, 6.07) is 3.46. The molecule has 4 rings (SSSR count). The van der Waals surface area contributed by atoms with Gasteiger partial charge in [0.05, 0.1) is 6.54 Å². The van der Waals surface area contributed by atoms with Gasteiger partial charge in [-0.25, -0.2) is 9.59 Å². The van der Waals surface area contributed by atoms with E-state index in [1.807, 2.05) is 24.0 Å². The fourth-order valence-electron chi connectivity index (χ4n) is 5.37. The van der Waals surface area contributed by atoms with Crippen LogP contribution in [0.3, 0.4) is 0 Å². The number of aliphatic carboxylic acids is 1. The molecule has 180 valence electrons. The van der Waals surface area contributed by atoms with Crippen LogP contribution < -0.4 is 4.90 Å². The van der Waals surface area contributed by atoms with E-state index in [1.165, 1.54) is 4.90 Å². The average molecular weight is 459 g/mol. The standard InChI is InChI=1S/C24H34N4O5/c1-24(11-4-6-21(29)27-14-3-2-5-20(27)22(30)31)17-28(23(32)33-24)19-9-15-26(16-10-19)18-7-12-25-13-8-18/h7-8,12-13,19-20H,2-6,9-11,14-17H2,1H3,(H,30,31). The molecule has 2 atom stereocenters. The van der Waals surface area contributed by atoms with Crippen LogP contribution >= 0.6 is 0 Å². The lowest BCUT2D eigenvalue weighted by atomic mass is 9.96. The van der Waals surface area contributed by atoms with Crippen molar-refractivity contribution in [2.75, 3.05) is 31.1 Å². The van der Waals surface area contributed by atoms with Gasteiger partial charge in [-0.05, 0) is 64.0 Å². The lowest BCUT2D eigenvalue weighted by Gasteiger charge is -2.37. The highest BCUT2D eigenvalue weighted by Crippen LogP contribution is 2.32. The maximum absolute atomic E-state index is 12.7. The molecule has 9 nitrogen and oxygen atoms in total. The van der Waals surface area contributed by atoms with Gasteiger partial charge in [-0.15, -0.1) is 0 Å². The Labute approximate surface area is 194 Å². The van der Waals surface area contributed by atoms with E-state index in [4.69, 9.17) is 4.74 Å². The summed E-state index contributed by atoms with van der Waals surface area (Å²) in [4.78, 5) is 46.5. The van der Waals surface area contributed by atoms with Crippen molar-refractivity contribution in [2.45, 2.75) is 76.0 Å². The number of carboxylic acid groups (broad SMARTS) is 1. The van der Waals surface area contributed by atoms with Crippen LogP contribution in [-0.2, 0) is 14.3 Å². The zero-order valence-electron chi connectivity index (χ0n) is 19.3. The van der Waals surface area contributed by atoms with E-state index in [1.54, 1.807) is 12.4 Å². The summed E-state index contributed by atoms with van der Waals surface area (Å²) in [6.45, 7) is 4.73. The van der Waals surface area contributed by atoms with E-state index >= 15 is 0 Å². The lowest BCUT2D eigenvalue weighted by Crippen LogP contribution is -2.48. The summed E-state index contributed by atoms with van der Waals surface area (Å²) < 4.78 is 5.76.